The molecule has 1 saturated heterocycles. The largest absolute Gasteiger partial charge is 0.497 e. The number of piperazine rings is 1. The summed E-state index contributed by atoms with van der Waals surface area (Å²) in [7, 11) is 5.10. The van der Waals surface area contributed by atoms with E-state index >= 15 is 0 Å². The fraction of sp³-hybridized carbons (Fsp3) is 0.357. The highest BCUT2D eigenvalue weighted by molar-refractivity contribution is 5.43. The number of rotatable bonds is 10. The van der Waals surface area contributed by atoms with Gasteiger partial charge in [-0.3, -0.25) is 9.80 Å². The van der Waals surface area contributed by atoms with Gasteiger partial charge in [-0.1, -0.05) is 36.4 Å². The molecule has 1 aliphatic rings. The molecule has 0 unspecified atom stereocenters. The fourth-order valence-electron chi connectivity index (χ4n) is 4.28. The van der Waals surface area contributed by atoms with E-state index < -0.39 is 0 Å². The lowest BCUT2D eigenvalue weighted by atomic mass is 10.1. The number of hydrogen-bond acceptors (Lipinski definition) is 6. The van der Waals surface area contributed by atoms with Crippen LogP contribution in [-0.4, -0.2) is 57.3 Å². The lowest BCUT2D eigenvalue weighted by molar-refractivity contribution is 0.121. The van der Waals surface area contributed by atoms with Crippen LogP contribution in [0.4, 0.5) is 0 Å². The van der Waals surface area contributed by atoms with Crippen LogP contribution in [0.25, 0.3) is 0 Å². The number of benzene rings is 3. The highest BCUT2D eigenvalue weighted by atomic mass is 16.5. The minimum atomic E-state index is 0.521. The van der Waals surface area contributed by atoms with E-state index in [-0.39, 0.29) is 0 Å². The predicted octanol–water partition coefficient (Wildman–Crippen LogP) is 4.61. The third-order valence-electron chi connectivity index (χ3n) is 6.22. The van der Waals surface area contributed by atoms with E-state index in [4.69, 9.17) is 18.9 Å². The summed E-state index contributed by atoms with van der Waals surface area (Å²) in [5.74, 6) is 3.31. The Morgan fingerprint density at radius 2 is 1.29 bits per heavy atom. The van der Waals surface area contributed by atoms with E-state index in [1.54, 1.807) is 21.3 Å². The Morgan fingerprint density at radius 3 is 1.97 bits per heavy atom. The van der Waals surface area contributed by atoms with Crippen LogP contribution in [0.15, 0.2) is 66.7 Å². The second kappa shape index (κ2) is 11.8. The van der Waals surface area contributed by atoms with Crippen molar-refractivity contribution in [3.63, 3.8) is 0 Å². The van der Waals surface area contributed by atoms with Crippen molar-refractivity contribution in [2.24, 2.45) is 0 Å². The lowest BCUT2D eigenvalue weighted by Gasteiger charge is -2.35. The molecule has 180 valence electrons. The van der Waals surface area contributed by atoms with E-state index in [0.717, 1.165) is 73.4 Å². The molecule has 3 aromatic carbocycles. The van der Waals surface area contributed by atoms with Crippen molar-refractivity contribution in [3.8, 4) is 23.0 Å². The van der Waals surface area contributed by atoms with Crippen molar-refractivity contribution in [2.45, 2.75) is 19.7 Å². The number of ether oxygens (including phenoxy) is 4. The standard InChI is InChI=1S/C28H34N2O4/c1-31-25-10-12-26(32-2)24(18-25)20-30-15-13-29(14-16-30)19-23-9-11-27(33-3)28(17-23)34-21-22-7-5-4-6-8-22/h4-12,17-18H,13-16,19-21H2,1-3H3. The first-order valence-electron chi connectivity index (χ1n) is 11.7. The van der Waals surface area contributed by atoms with Crippen LogP contribution in [0, 0.1) is 0 Å². The van der Waals surface area contributed by atoms with Gasteiger partial charge in [-0.2, -0.15) is 0 Å². The zero-order valence-electron chi connectivity index (χ0n) is 20.3. The van der Waals surface area contributed by atoms with E-state index in [1.165, 1.54) is 5.56 Å². The van der Waals surface area contributed by atoms with Crippen molar-refractivity contribution in [2.75, 3.05) is 47.5 Å². The van der Waals surface area contributed by atoms with Crippen molar-refractivity contribution < 1.29 is 18.9 Å². The second-order valence-electron chi connectivity index (χ2n) is 8.49. The zero-order chi connectivity index (χ0) is 23.8. The molecule has 0 bridgehead atoms. The molecule has 0 saturated carbocycles. The monoisotopic (exact) mass is 462 g/mol. The van der Waals surface area contributed by atoms with Crippen LogP contribution >= 0.6 is 0 Å². The highest BCUT2D eigenvalue weighted by Crippen LogP contribution is 2.30. The summed E-state index contributed by atoms with van der Waals surface area (Å²) in [6.45, 7) is 6.31. The van der Waals surface area contributed by atoms with Crippen LogP contribution in [0.5, 0.6) is 23.0 Å². The van der Waals surface area contributed by atoms with Gasteiger partial charge in [-0.25, -0.2) is 0 Å². The maximum Gasteiger partial charge on any atom is 0.161 e. The molecular formula is C28H34N2O4. The average Bonchev–Trinajstić information content (AvgIpc) is 2.89. The Labute approximate surface area is 202 Å². The molecule has 0 radical (unpaired) electrons. The molecule has 4 rings (SSSR count). The van der Waals surface area contributed by atoms with Gasteiger partial charge in [0.25, 0.3) is 0 Å². The van der Waals surface area contributed by atoms with Gasteiger partial charge >= 0.3 is 0 Å². The van der Waals surface area contributed by atoms with Crippen molar-refractivity contribution in [3.05, 3.63) is 83.4 Å². The predicted molar refractivity (Wildman–Crippen MR) is 134 cm³/mol. The summed E-state index contributed by atoms with van der Waals surface area (Å²) in [5, 5.41) is 0. The molecule has 0 spiro atoms. The second-order valence-corrected chi connectivity index (χ2v) is 8.49. The van der Waals surface area contributed by atoms with Gasteiger partial charge < -0.3 is 18.9 Å². The van der Waals surface area contributed by atoms with Crippen molar-refractivity contribution in [1.29, 1.82) is 0 Å². The maximum atomic E-state index is 6.09. The quantitative estimate of drug-likeness (QED) is 0.438. The van der Waals surface area contributed by atoms with Gasteiger partial charge in [0.1, 0.15) is 18.1 Å². The first-order valence-corrected chi connectivity index (χ1v) is 11.7. The Kier molecular flexibility index (Phi) is 8.28. The molecule has 0 aromatic heterocycles. The van der Waals surface area contributed by atoms with E-state index in [0.29, 0.717) is 6.61 Å². The molecule has 6 heteroatoms. The summed E-state index contributed by atoms with van der Waals surface area (Å²) in [4.78, 5) is 4.96. The summed E-state index contributed by atoms with van der Waals surface area (Å²) in [6.07, 6.45) is 0. The SMILES string of the molecule is COc1ccc(OC)c(CN2CCN(Cc3ccc(OC)c(OCc4ccccc4)c3)CC2)c1. The van der Waals surface area contributed by atoms with Gasteiger partial charge in [-0.15, -0.1) is 0 Å². The minimum Gasteiger partial charge on any atom is -0.497 e. The molecular weight excluding hydrogens is 428 g/mol. The van der Waals surface area contributed by atoms with Gasteiger partial charge in [0.2, 0.25) is 0 Å². The Hall–Kier alpha value is -3.22. The lowest BCUT2D eigenvalue weighted by Crippen LogP contribution is -2.45. The molecule has 34 heavy (non-hydrogen) atoms. The summed E-state index contributed by atoms with van der Waals surface area (Å²) < 4.78 is 22.6. The highest BCUT2D eigenvalue weighted by Gasteiger charge is 2.19. The molecule has 0 N–H and O–H groups in total. The molecule has 6 nitrogen and oxygen atoms in total. The molecule has 0 aliphatic carbocycles. The minimum absolute atomic E-state index is 0.521. The van der Waals surface area contributed by atoms with Gasteiger partial charge in [0.05, 0.1) is 21.3 Å². The third-order valence-corrected chi connectivity index (χ3v) is 6.22. The van der Waals surface area contributed by atoms with E-state index in [2.05, 4.69) is 40.1 Å². The Balaban J connectivity index is 1.33. The van der Waals surface area contributed by atoms with E-state index in [1.807, 2.05) is 36.4 Å². The Bertz CT molecular complexity index is 1050. The van der Waals surface area contributed by atoms with Gasteiger partial charge in [0.15, 0.2) is 11.5 Å². The van der Waals surface area contributed by atoms with Crippen LogP contribution < -0.4 is 18.9 Å². The summed E-state index contributed by atoms with van der Waals surface area (Å²) in [5.41, 5.74) is 3.52. The van der Waals surface area contributed by atoms with Crippen molar-refractivity contribution in [1.82, 2.24) is 9.80 Å². The molecule has 1 heterocycles. The van der Waals surface area contributed by atoms with Crippen LogP contribution in [-0.2, 0) is 19.7 Å². The average molecular weight is 463 g/mol. The third kappa shape index (κ3) is 6.22. The fourth-order valence-corrected chi connectivity index (χ4v) is 4.28. The summed E-state index contributed by atoms with van der Waals surface area (Å²) in [6, 6.07) is 22.4. The zero-order valence-corrected chi connectivity index (χ0v) is 20.3. The number of nitrogens with zero attached hydrogens (tertiary/aromatic N) is 2. The van der Waals surface area contributed by atoms with Crippen LogP contribution in [0.1, 0.15) is 16.7 Å². The molecule has 1 aliphatic heterocycles. The summed E-state index contributed by atoms with van der Waals surface area (Å²) >= 11 is 0. The normalized spacial score (nSPS) is 14.6. The Morgan fingerprint density at radius 1 is 0.618 bits per heavy atom. The molecule has 0 atom stereocenters. The maximum absolute atomic E-state index is 6.09. The van der Waals surface area contributed by atoms with Crippen LogP contribution in [0.3, 0.4) is 0 Å². The van der Waals surface area contributed by atoms with Crippen LogP contribution in [0.2, 0.25) is 0 Å². The van der Waals surface area contributed by atoms with E-state index in [9.17, 15) is 0 Å². The number of hydrogen-bond donors (Lipinski definition) is 0. The molecule has 3 aromatic rings. The van der Waals surface area contributed by atoms with Gasteiger partial charge in [-0.05, 0) is 41.5 Å². The molecule has 0 amide bonds. The topological polar surface area (TPSA) is 43.4 Å². The first-order chi connectivity index (χ1) is 16.7. The molecule has 1 fully saturated rings. The van der Waals surface area contributed by atoms with Crippen molar-refractivity contribution >= 4 is 0 Å². The van der Waals surface area contributed by atoms with Gasteiger partial charge in [0, 0.05) is 44.8 Å². The first kappa shape index (κ1) is 23.9. The smallest absolute Gasteiger partial charge is 0.161 e. The number of methoxy groups -OCH3 is 3.